The topological polar surface area (TPSA) is 78.3 Å². The largest absolute Gasteiger partial charge is 0.460 e. The van der Waals surface area contributed by atoms with Crippen molar-refractivity contribution in [2.45, 2.75) is 13.1 Å². The lowest BCUT2D eigenvalue weighted by molar-refractivity contribution is -0.137. The minimum atomic E-state index is -4.51. The first-order valence-electron chi connectivity index (χ1n) is 13.2. The predicted octanol–water partition coefficient (Wildman–Crippen LogP) is 7.29. The summed E-state index contributed by atoms with van der Waals surface area (Å²) in [6.07, 6.45) is -4.51. The Balaban J connectivity index is 1.36. The highest BCUT2D eigenvalue weighted by Crippen LogP contribution is 2.33. The fourth-order valence-electron chi connectivity index (χ4n) is 4.23. The molecule has 0 bridgehead atoms. The maximum atomic E-state index is 13.4. The van der Waals surface area contributed by atoms with E-state index in [0.717, 1.165) is 23.3 Å². The van der Waals surface area contributed by atoms with E-state index in [4.69, 9.17) is 9.47 Å². The van der Waals surface area contributed by atoms with Crippen LogP contribution >= 0.6 is 0 Å². The zero-order chi connectivity index (χ0) is 29.5. The van der Waals surface area contributed by atoms with E-state index in [2.05, 4.69) is 15.4 Å². The third-order valence-corrected chi connectivity index (χ3v) is 6.32. The number of amides is 1. The van der Waals surface area contributed by atoms with Crippen LogP contribution in [-0.2, 0) is 10.9 Å². The predicted molar refractivity (Wildman–Crippen MR) is 154 cm³/mol. The monoisotopic (exact) mass is 572 g/mol. The van der Waals surface area contributed by atoms with E-state index in [1.54, 1.807) is 36.4 Å². The molecule has 1 aromatic heterocycles. The first-order valence-corrected chi connectivity index (χ1v) is 13.2. The van der Waals surface area contributed by atoms with E-state index in [9.17, 15) is 18.0 Å². The first-order chi connectivity index (χ1) is 20.3. The molecule has 5 rings (SSSR count). The average Bonchev–Trinajstić information content (AvgIpc) is 3.44. The number of carbonyl (C=O) groups excluding carboxylic acids is 1. The van der Waals surface area contributed by atoms with Crippen LogP contribution in [-0.4, -0.2) is 40.5 Å². The molecular weight excluding hydrogens is 545 g/mol. The Kier molecular flexibility index (Phi) is 8.63. The number of anilines is 1. The number of hydrogen-bond acceptors (Lipinski definition) is 5. The second kappa shape index (κ2) is 12.7. The summed E-state index contributed by atoms with van der Waals surface area (Å²) in [5.41, 5.74) is 3.01. The summed E-state index contributed by atoms with van der Waals surface area (Å²) in [6, 6.07) is 28.7. The number of aromatic nitrogens is 3. The van der Waals surface area contributed by atoms with Gasteiger partial charge in [0.1, 0.15) is 6.61 Å². The summed E-state index contributed by atoms with van der Waals surface area (Å²) in [6.45, 7) is 2.86. The van der Waals surface area contributed by atoms with Crippen molar-refractivity contribution in [1.29, 1.82) is 0 Å². The normalized spacial score (nSPS) is 11.3. The van der Waals surface area contributed by atoms with Crippen molar-refractivity contribution in [2.24, 2.45) is 0 Å². The van der Waals surface area contributed by atoms with Crippen molar-refractivity contribution in [3.63, 3.8) is 0 Å². The van der Waals surface area contributed by atoms with Gasteiger partial charge in [-0.15, -0.1) is 5.10 Å². The van der Waals surface area contributed by atoms with Gasteiger partial charge in [0.15, 0.2) is 5.82 Å². The molecule has 4 aromatic carbocycles. The van der Waals surface area contributed by atoms with E-state index in [-0.39, 0.29) is 29.9 Å². The van der Waals surface area contributed by atoms with Crippen molar-refractivity contribution < 1.29 is 27.4 Å². The number of halogens is 3. The lowest BCUT2D eigenvalue weighted by atomic mass is 10.0. The number of benzene rings is 4. The molecule has 0 aliphatic rings. The molecule has 0 saturated carbocycles. The highest BCUT2D eigenvalue weighted by atomic mass is 19.4. The van der Waals surface area contributed by atoms with Crippen molar-refractivity contribution in [3.8, 4) is 34.2 Å². The van der Waals surface area contributed by atoms with Crippen LogP contribution in [0.25, 0.3) is 28.2 Å². The molecule has 1 amide bonds. The third-order valence-electron chi connectivity index (χ3n) is 6.32. The van der Waals surface area contributed by atoms with Gasteiger partial charge in [0.2, 0.25) is 0 Å². The number of nitrogens with zero attached hydrogens (tertiary/aromatic N) is 3. The molecule has 0 unspecified atom stereocenters. The molecule has 10 heteroatoms. The van der Waals surface area contributed by atoms with Crippen molar-refractivity contribution >= 4 is 11.6 Å². The fourth-order valence-corrected chi connectivity index (χ4v) is 4.23. The molecular formula is C32H27F3N4O3. The molecule has 214 valence electrons. The lowest BCUT2D eigenvalue weighted by Crippen LogP contribution is -2.12. The van der Waals surface area contributed by atoms with E-state index in [1.165, 1.54) is 16.8 Å². The zero-order valence-corrected chi connectivity index (χ0v) is 22.6. The van der Waals surface area contributed by atoms with Gasteiger partial charge in [-0.2, -0.15) is 18.2 Å². The van der Waals surface area contributed by atoms with Crippen LogP contribution in [0.5, 0.6) is 6.01 Å². The average molecular weight is 573 g/mol. The quantitative estimate of drug-likeness (QED) is 0.178. The maximum absolute atomic E-state index is 13.4. The molecule has 0 aliphatic carbocycles. The standard InChI is InChI=1S/C32H27F3N4O3/c1-2-41-19-20-42-31-37-29(25-9-6-10-26(21-25)32(33,34)35)39(38-31)28-17-15-27(16-18-28)36-30(40)24-13-11-23(12-14-24)22-7-4-3-5-8-22/h3-18,21H,2,19-20H2,1H3,(H,36,40). The number of ether oxygens (including phenoxy) is 2. The van der Waals surface area contributed by atoms with Gasteiger partial charge in [0, 0.05) is 23.4 Å². The number of rotatable bonds is 10. The summed E-state index contributed by atoms with van der Waals surface area (Å²) < 4.78 is 52.5. The van der Waals surface area contributed by atoms with Crippen LogP contribution in [0.15, 0.2) is 103 Å². The maximum Gasteiger partial charge on any atom is 0.416 e. The minimum Gasteiger partial charge on any atom is -0.460 e. The Morgan fingerprint density at radius 3 is 2.21 bits per heavy atom. The van der Waals surface area contributed by atoms with Crippen molar-refractivity contribution in [1.82, 2.24) is 14.8 Å². The van der Waals surface area contributed by atoms with Crippen LogP contribution in [0.1, 0.15) is 22.8 Å². The van der Waals surface area contributed by atoms with Crippen LogP contribution < -0.4 is 10.1 Å². The molecule has 42 heavy (non-hydrogen) atoms. The summed E-state index contributed by atoms with van der Waals surface area (Å²) in [4.78, 5) is 17.2. The van der Waals surface area contributed by atoms with E-state index >= 15 is 0 Å². The first kappa shape index (κ1) is 28.6. The van der Waals surface area contributed by atoms with Crippen LogP contribution in [0.4, 0.5) is 18.9 Å². The SMILES string of the molecule is CCOCCOc1nc(-c2cccc(C(F)(F)F)c2)n(-c2ccc(NC(=O)c3ccc(-c4ccccc4)cc3)cc2)n1. The van der Waals surface area contributed by atoms with Gasteiger partial charge in [-0.1, -0.05) is 54.6 Å². The molecule has 0 radical (unpaired) electrons. The number of alkyl halides is 3. The smallest absolute Gasteiger partial charge is 0.416 e. The Hall–Kier alpha value is -4.96. The minimum absolute atomic E-state index is 0.00144. The van der Waals surface area contributed by atoms with Gasteiger partial charge in [-0.3, -0.25) is 4.79 Å². The zero-order valence-electron chi connectivity index (χ0n) is 22.6. The van der Waals surface area contributed by atoms with Gasteiger partial charge < -0.3 is 14.8 Å². The summed E-state index contributed by atoms with van der Waals surface area (Å²) in [5, 5.41) is 7.24. The number of nitrogens with one attached hydrogen (secondary N) is 1. The molecule has 5 aromatic rings. The molecule has 1 N–H and O–H groups in total. The van der Waals surface area contributed by atoms with E-state index in [1.807, 2.05) is 49.4 Å². The van der Waals surface area contributed by atoms with Gasteiger partial charge in [0.05, 0.1) is 17.9 Å². The second-order valence-corrected chi connectivity index (χ2v) is 9.20. The molecule has 0 fully saturated rings. The van der Waals surface area contributed by atoms with Crippen LogP contribution in [0.3, 0.4) is 0 Å². The van der Waals surface area contributed by atoms with Gasteiger partial charge in [-0.25, -0.2) is 4.68 Å². The number of carbonyl (C=O) groups is 1. The van der Waals surface area contributed by atoms with E-state index in [0.29, 0.717) is 30.2 Å². The number of hydrogen-bond donors (Lipinski definition) is 1. The fraction of sp³-hybridized carbons (Fsp3) is 0.156. The highest BCUT2D eigenvalue weighted by Gasteiger charge is 2.31. The Morgan fingerprint density at radius 2 is 1.52 bits per heavy atom. The van der Waals surface area contributed by atoms with Crippen molar-refractivity contribution in [3.05, 3.63) is 114 Å². The van der Waals surface area contributed by atoms with Crippen LogP contribution in [0.2, 0.25) is 0 Å². The molecule has 0 atom stereocenters. The second-order valence-electron chi connectivity index (χ2n) is 9.20. The van der Waals surface area contributed by atoms with Gasteiger partial charge in [-0.05, 0) is 66.6 Å². The molecule has 0 spiro atoms. The molecule has 7 nitrogen and oxygen atoms in total. The Morgan fingerprint density at radius 1 is 0.833 bits per heavy atom. The third kappa shape index (κ3) is 6.84. The molecule has 0 aliphatic heterocycles. The van der Waals surface area contributed by atoms with Gasteiger partial charge in [0.25, 0.3) is 5.91 Å². The summed E-state index contributed by atoms with van der Waals surface area (Å²) in [7, 11) is 0. The van der Waals surface area contributed by atoms with Gasteiger partial charge >= 0.3 is 12.2 Å². The Bertz CT molecular complexity index is 1630. The van der Waals surface area contributed by atoms with Crippen molar-refractivity contribution in [2.75, 3.05) is 25.1 Å². The molecule has 0 saturated heterocycles. The highest BCUT2D eigenvalue weighted by molar-refractivity contribution is 6.04. The molecule has 1 heterocycles. The lowest BCUT2D eigenvalue weighted by Gasteiger charge is -2.10. The summed E-state index contributed by atoms with van der Waals surface area (Å²) in [5.74, 6) is -0.111. The van der Waals surface area contributed by atoms with Crippen LogP contribution in [0, 0.1) is 0 Å². The summed E-state index contributed by atoms with van der Waals surface area (Å²) >= 11 is 0. The van der Waals surface area contributed by atoms with E-state index < -0.39 is 11.7 Å². The Labute approximate surface area is 240 Å².